The van der Waals surface area contributed by atoms with Gasteiger partial charge in [-0.05, 0) is 25.3 Å². The minimum atomic E-state index is 0.694. The van der Waals surface area contributed by atoms with Crippen LogP contribution in [-0.4, -0.2) is 16.1 Å². The number of nitrogens with zero attached hydrogens (tertiary/aromatic N) is 2. The lowest BCUT2D eigenvalue weighted by Gasteiger charge is -2.34. The topological polar surface area (TPSA) is 43.8 Å². The minimum Gasteiger partial charge on any atom is -0.331 e. The molecule has 3 heteroatoms. The Morgan fingerprint density at radius 3 is 3.00 bits per heavy atom. The van der Waals surface area contributed by atoms with E-state index >= 15 is 0 Å². The van der Waals surface area contributed by atoms with E-state index in [1.807, 2.05) is 12.5 Å². The Bertz CT molecular complexity index is 273. The van der Waals surface area contributed by atoms with E-state index in [-0.39, 0.29) is 0 Å². The van der Waals surface area contributed by atoms with Crippen LogP contribution in [-0.2, 0) is 6.42 Å². The zero-order valence-corrected chi connectivity index (χ0v) is 8.11. The van der Waals surface area contributed by atoms with Crippen molar-refractivity contribution in [2.24, 2.45) is 11.7 Å². The van der Waals surface area contributed by atoms with Crippen LogP contribution >= 0.6 is 0 Å². The highest BCUT2D eigenvalue weighted by atomic mass is 15.1. The summed E-state index contributed by atoms with van der Waals surface area (Å²) < 4.78 is 2.30. The summed E-state index contributed by atoms with van der Waals surface area (Å²) in [6.45, 7) is 3.02. The highest BCUT2D eigenvalue weighted by Gasteiger charge is 2.27. The van der Waals surface area contributed by atoms with E-state index in [0.717, 1.165) is 12.3 Å². The van der Waals surface area contributed by atoms with Gasteiger partial charge in [-0.25, -0.2) is 4.98 Å². The molecular formula is C10H17N3. The van der Waals surface area contributed by atoms with Gasteiger partial charge in [-0.1, -0.05) is 6.92 Å². The Hall–Kier alpha value is -0.830. The van der Waals surface area contributed by atoms with E-state index in [4.69, 9.17) is 5.73 Å². The maximum atomic E-state index is 5.53. The van der Waals surface area contributed by atoms with E-state index in [1.54, 1.807) is 0 Å². The van der Waals surface area contributed by atoms with Crippen molar-refractivity contribution in [3.63, 3.8) is 0 Å². The molecular weight excluding hydrogens is 162 g/mol. The van der Waals surface area contributed by atoms with Gasteiger partial charge in [0, 0.05) is 24.4 Å². The van der Waals surface area contributed by atoms with Crippen LogP contribution in [0, 0.1) is 5.92 Å². The zero-order valence-electron chi connectivity index (χ0n) is 8.11. The monoisotopic (exact) mass is 179 g/mol. The first-order valence-electron chi connectivity index (χ1n) is 5.02. The van der Waals surface area contributed by atoms with Gasteiger partial charge in [-0.15, -0.1) is 0 Å². The average molecular weight is 179 g/mol. The van der Waals surface area contributed by atoms with E-state index in [1.165, 1.54) is 18.5 Å². The molecule has 2 rings (SSSR count). The molecule has 1 aliphatic rings. The summed E-state index contributed by atoms with van der Waals surface area (Å²) >= 11 is 0. The smallest absolute Gasteiger partial charge is 0.0950 e. The molecule has 0 radical (unpaired) electrons. The molecule has 0 atom stereocenters. The van der Waals surface area contributed by atoms with Gasteiger partial charge in [0.25, 0.3) is 0 Å². The Balaban J connectivity index is 2.06. The summed E-state index contributed by atoms with van der Waals surface area (Å²) in [5, 5.41) is 0. The van der Waals surface area contributed by atoms with Crippen LogP contribution in [0.5, 0.6) is 0 Å². The largest absolute Gasteiger partial charge is 0.331 e. The van der Waals surface area contributed by atoms with Gasteiger partial charge in [0.15, 0.2) is 0 Å². The maximum Gasteiger partial charge on any atom is 0.0950 e. The van der Waals surface area contributed by atoms with Crippen molar-refractivity contribution in [1.29, 1.82) is 0 Å². The number of hydrogen-bond donors (Lipinski definition) is 1. The molecule has 0 spiro atoms. The summed E-state index contributed by atoms with van der Waals surface area (Å²) in [5.74, 6) is 0.887. The molecule has 0 aliphatic heterocycles. The lowest BCUT2D eigenvalue weighted by Crippen LogP contribution is -2.26. The highest BCUT2D eigenvalue weighted by Crippen LogP contribution is 2.37. The van der Waals surface area contributed by atoms with Crippen molar-refractivity contribution < 1.29 is 0 Å². The van der Waals surface area contributed by atoms with E-state index < -0.39 is 0 Å². The fraction of sp³-hybridized carbons (Fsp3) is 0.700. The molecule has 3 nitrogen and oxygen atoms in total. The fourth-order valence-corrected chi connectivity index (χ4v) is 2.09. The molecule has 1 aliphatic carbocycles. The first-order chi connectivity index (χ1) is 6.31. The quantitative estimate of drug-likeness (QED) is 0.761. The SMILES string of the molecule is CC1CC(n2cncc2CCN)C1. The molecule has 72 valence electrons. The summed E-state index contributed by atoms with van der Waals surface area (Å²) in [6, 6.07) is 0.694. The lowest BCUT2D eigenvalue weighted by molar-refractivity contribution is 0.212. The van der Waals surface area contributed by atoms with Gasteiger partial charge in [-0.3, -0.25) is 0 Å². The number of nitrogens with two attached hydrogens (primary N) is 1. The molecule has 1 aromatic rings. The molecule has 1 saturated carbocycles. The molecule has 2 N–H and O–H groups in total. The van der Waals surface area contributed by atoms with Gasteiger partial charge in [-0.2, -0.15) is 0 Å². The van der Waals surface area contributed by atoms with Crippen LogP contribution in [0.2, 0.25) is 0 Å². The van der Waals surface area contributed by atoms with E-state index in [0.29, 0.717) is 12.6 Å². The van der Waals surface area contributed by atoms with Gasteiger partial charge in [0.2, 0.25) is 0 Å². The normalized spacial score (nSPS) is 27.2. The van der Waals surface area contributed by atoms with Gasteiger partial charge < -0.3 is 10.3 Å². The molecule has 1 heterocycles. The first-order valence-corrected chi connectivity index (χ1v) is 5.02. The number of aromatic nitrogens is 2. The molecule has 0 saturated heterocycles. The Labute approximate surface area is 79.0 Å². The van der Waals surface area contributed by atoms with Crippen molar-refractivity contribution in [2.75, 3.05) is 6.54 Å². The van der Waals surface area contributed by atoms with Crippen LogP contribution in [0.15, 0.2) is 12.5 Å². The Morgan fingerprint density at radius 1 is 1.62 bits per heavy atom. The molecule has 0 unspecified atom stereocenters. The number of hydrogen-bond acceptors (Lipinski definition) is 2. The number of imidazole rings is 1. The van der Waals surface area contributed by atoms with Crippen molar-refractivity contribution >= 4 is 0 Å². The van der Waals surface area contributed by atoms with Crippen molar-refractivity contribution in [3.05, 3.63) is 18.2 Å². The predicted octanol–water partition coefficient (Wildman–Crippen LogP) is 1.36. The minimum absolute atomic E-state index is 0.694. The second-order valence-electron chi connectivity index (χ2n) is 4.06. The van der Waals surface area contributed by atoms with Crippen LogP contribution in [0.3, 0.4) is 0 Å². The standard InChI is InChI=1S/C10H17N3/c1-8-4-10(5-8)13-7-12-6-9(13)2-3-11/h6-8,10H,2-5,11H2,1H3. The third-order valence-electron chi connectivity index (χ3n) is 2.89. The average Bonchev–Trinajstić information content (AvgIpc) is 2.48. The summed E-state index contributed by atoms with van der Waals surface area (Å²) in [5.41, 5.74) is 6.83. The third kappa shape index (κ3) is 1.61. The Morgan fingerprint density at radius 2 is 2.38 bits per heavy atom. The summed E-state index contributed by atoms with van der Waals surface area (Å²) in [6.07, 6.45) is 7.43. The molecule has 0 amide bonds. The van der Waals surface area contributed by atoms with Crippen molar-refractivity contribution in [2.45, 2.75) is 32.2 Å². The predicted molar refractivity (Wildman–Crippen MR) is 52.4 cm³/mol. The van der Waals surface area contributed by atoms with Crippen LogP contribution in [0.4, 0.5) is 0 Å². The van der Waals surface area contributed by atoms with Gasteiger partial charge >= 0.3 is 0 Å². The second-order valence-corrected chi connectivity index (χ2v) is 4.06. The molecule has 1 aromatic heterocycles. The van der Waals surface area contributed by atoms with Crippen LogP contribution in [0.25, 0.3) is 0 Å². The van der Waals surface area contributed by atoms with Crippen molar-refractivity contribution in [1.82, 2.24) is 9.55 Å². The maximum absolute atomic E-state index is 5.53. The molecule has 1 fully saturated rings. The Kier molecular flexibility index (Phi) is 2.36. The van der Waals surface area contributed by atoms with Crippen molar-refractivity contribution in [3.8, 4) is 0 Å². The van der Waals surface area contributed by atoms with E-state index in [9.17, 15) is 0 Å². The molecule has 0 aromatic carbocycles. The van der Waals surface area contributed by atoms with E-state index in [2.05, 4.69) is 16.5 Å². The fourth-order valence-electron chi connectivity index (χ4n) is 2.09. The van der Waals surface area contributed by atoms with Gasteiger partial charge in [0.05, 0.1) is 6.33 Å². The lowest BCUT2D eigenvalue weighted by atomic mass is 9.81. The first kappa shape index (κ1) is 8.75. The second kappa shape index (κ2) is 3.50. The van der Waals surface area contributed by atoms with Crippen LogP contribution < -0.4 is 5.73 Å². The molecule has 0 bridgehead atoms. The highest BCUT2D eigenvalue weighted by molar-refractivity contribution is 5.03. The van der Waals surface area contributed by atoms with Crippen LogP contribution in [0.1, 0.15) is 31.5 Å². The third-order valence-corrected chi connectivity index (χ3v) is 2.89. The summed E-state index contributed by atoms with van der Waals surface area (Å²) in [7, 11) is 0. The molecule has 13 heavy (non-hydrogen) atoms. The summed E-state index contributed by atoms with van der Waals surface area (Å²) in [4.78, 5) is 4.18. The van der Waals surface area contributed by atoms with Gasteiger partial charge in [0.1, 0.15) is 0 Å². The number of rotatable bonds is 3. The zero-order chi connectivity index (χ0) is 9.26.